The van der Waals surface area contributed by atoms with Crippen LogP contribution in [-0.2, 0) is 0 Å². The van der Waals surface area contributed by atoms with Crippen molar-refractivity contribution in [1.82, 2.24) is 9.55 Å². The van der Waals surface area contributed by atoms with E-state index in [4.69, 9.17) is 4.74 Å². The largest absolute Gasteiger partial charge is 0.497 e. The van der Waals surface area contributed by atoms with E-state index in [-0.39, 0.29) is 11.3 Å². The van der Waals surface area contributed by atoms with Gasteiger partial charge in [-0.25, -0.2) is 13.8 Å². The summed E-state index contributed by atoms with van der Waals surface area (Å²) in [4.78, 5) is 16.4. The predicted octanol–water partition coefficient (Wildman–Crippen LogP) is 4.13. The summed E-state index contributed by atoms with van der Waals surface area (Å²) in [5, 5.41) is 0.587. The molecule has 0 bridgehead atoms. The van der Waals surface area contributed by atoms with Gasteiger partial charge in [0, 0.05) is 24.5 Å². The third kappa shape index (κ3) is 3.88. The second-order valence-electron chi connectivity index (χ2n) is 5.12. The molecule has 0 N–H and O–H groups in total. The lowest BCUT2D eigenvalue weighted by molar-refractivity contribution is 0.101. The maximum Gasteiger partial charge on any atom is 0.176 e. The molecule has 0 saturated heterocycles. The molecule has 7 heteroatoms. The van der Waals surface area contributed by atoms with E-state index in [2.05, 4.69) is 4.98 Å². The van der Waals surface area contributed by atoms with Crippen molar-refractivity contribution in [2.45, 2.75) is 5.16 Å². The van der Waals surface area contributed by atoms with Gasteiger partial charge in [-0.05, 0) is 24.3 Å². The standard InChI is InChI=1S/C18H14F2N2O2S/c1-24-14-4-2-3-13(10-14)22-8-7-21-18(22)25-11-17(23)15-6-5-12(19)9-16(15)20/h2-10H,11H2,1H3. The molecule has 0 unspecified atom stereocenters. The molecule has 0 fully saturated rings. The van der Waals surface area contributed by atoms with Gasteiger partial charge in [0.05, 0.1) is 24.1 Å². The molecule has 0 aliphatic rings. The van der Waals surface area contributed by atoms with Crippen LogP contribution in [0.15, 0.2) is 60.0 Å². The Morgan fingerprint density at radius 3 is 2.84 bits per heavy atom. The molecule has 0 saturated carbocycles. The molecule has 1 aromatic heterocycles. The smallest absolute Gasteiger partial charge is 0.176 e. The van der Waals surface area contributed by atoms with Crippen molar-refractivity contribution in [3.05, 3.63) is 72.1 Å². The quantitative estimate of drug-likeness (QED) is 0.490. The summed E-state index contributed by atoms with van der Waals surface area (Å²) < 4.78 is 33.6. The van der Waals surface area contributed by atoms with Crippen molar-refractivity contribution in [3.63, 3.8) is 0 Å². The first-order valence-corrected chi connectivity index (χ1v) is 8.36. The molecule has 1 heterocycles. The van der Waals surface area contributed by atoms with E-state index in [1.807, 2.05) is 28.8 Å². The zero-order chi connectivity index (χ0) is 17.8. The molecule has 0 radical (unpaired) electrons. The molecule has 2 aromatic carbocycles. The van der Waals surface area contributed by atoms with E-state index >= 15 is 0 Å². The number of halogens is 2. The minimum absolute atomic E-state index is 0.0104. The Labute approximate surface area is 147 Å². The fraction of sp³-hybridized carbons (Fsp3) is 0.111. The highest BCUT2D eigenvalue weighted by Crippen LogP contribution is 2.24. The number of carbonyl (C=O) groups excluding carboxylic acids is 1. The van der Waals surface area contributed by atoms with Crippen LogP contribution in [0.25, 0.3) is 5.69 Å². The Bertz CT molecular complexity index is 912. The summed E-state index contributed by atoms with van der Waals surface area (Å²) in [5.41, 5.74) is 0.702. The van der Waals surface area contributed by atoms with Gasteiger partial charge in [0.25, 0.3) is 0 Å². The van der Waals surface area contributed by atoms with E-state index in [1.54, 1.807) is 19.5 Å². The van der Waals surface area contributed by atoms with Crippen molar-refractivity contribution in [2.75, 3.05) is 12.9 Å². The average Bonchev–Trinajstić information content (AvgIpc) is 3.08. The normalized spacial score (nSPS) is 10.7. The molecule has 0 amide bonds. The maximum absolute atomic E-state index is 13.7. The first kappa shape index (κ1) is 17.2. The van der Waals surface area contributed by atoms with Crippen molar-refractivity contribution in [2.24, 2.45) is 0 Å². The summed E-state index contributed by atoms with van der Waals surface area (Å²) in [7, 11) is 1.58. The maximum atomic E-state index is 13.7. The van der Waals surface area contributed by atoms with Gasteiger partial charge in [0.1, 0.15) is 17.4 Å². The lowest BCUT2D eigenvalue weighted by Crippen LogP contribution is -2.07. The Morgan fingerprint density at radius 1 is 1.24 bits per heavy atom. The van der Waals surface area contributed by atoms with Crippen molar-refractivity contribution in [3.8, 4) is 11.4 Å². The van der Waals surface area contributed by atoms with E-state index < -0.39 is 17.4 Å². The lowest BCUT2D eigenvalue weighted by atomic mass is 10.1. The number of hydrogen-bond donors (Lipinski definition) is 0. The second kappa shape index (κ2) is 7.48. The van der Waals surface area contributed by atoms with Crippen LogP contribution in [0.4, 0.5) is 8.78 Å². The van der Waals surface area contributed by atoms with Gasteiger partial charge in [-0.15, -0.1) is 0 Å². The number of thioether (sulfide) groups is 1. The SMILES string of the molecule is COc1cccc(-n2ccnc2SCC(=O)c2ccc(F)cc2F)c1. The molecular formula is C18H14F2N2O2S. The van der Waals surface area contributed by atoms with Crippen LogP contribution >= 0.6 is 11.8 Å². The van der Waals surface area contributed by atoms with Gasteiger partial charge < -0.3 is 4.74 Å². The van der Waals surface area contributed by atoms with Gasteiger partial charge >= 0.3 is 0 Å². The average molecular weight is 360 g/mol. The number of rotatable bonds is 6. The van der Waals surface area contributed by atoms with Gasteiger partial charge in [-0.1, -0.05) is 17.8 Å². The zero-order valence-corrected chi connectivity index (χ0v) is 14.1. The number of ether oxygens (including phenoxy) is 1. The van der Waals surface area contributed by atoms with Crippen LogP contribution in [0.2, 0.25) is 0 Å². The number of hydrogen-bond acceptors (Lipinski definition) is 4. The number of nitrogens with zero attached hydrogens (tertiary/aromatic N) is 2. The molecule has 4 nitrogen and oxygen atoms in total. The van der Waals surface area contributed by atoms with Crippen molar-refractivity contribution < 1.29 is 18.3 Å². The highest BCUT2D eigenvalue weighted by molar-refractivity contribution is 7.99. The summed E-state index contributed by atoms with van der Waals surface area (Å²) >= 11 is 1.18. The first-order chi connectivity index (χ1) is 12.1. The molecule has 128 valence electrons. The lowest BCUT2D eigenvalue weighted by Gasteiger charge is -2.09. The highest BCUT2D eigenvalue weighted by Gasteiger charge is 2.15. The molecule has 0 aliphatic carbocycles. The van der Waals surface area contributed by atoms with E-state index in [1.165, 1.54) is 11.8 Å². The minimum atomic E-state index is -0.860. The van der Waals surface area contributed by atoms with Gasteiger partial charge in [-0.3, -0.25) is 9.36 Å². The first-order valence-electron chi connectivity index (χ1n) is 7.37. The predicted molar refractivity (Wildman–Crippen MR) is 91.5 cm³/mol. The third-order valence-electron chi connectivity index (χ3n) is 3.50. The number of Topliss-reactive ketones (excluding diaryl/α,β-unsaturated/α-hetero) is 1. The number of carbonyl (C=O) groups is 1. The summed E-state index contributed by atoms with van der Waals surface area (Å²) in [5.74, 6) is -1.31. The van der Waals surface area contributed by atoms with Crippen LogP contribution in [0.1, 0.15) is 10.4 Å². The molecule has 3 rings (SSSR count). The fourth-order valence-electron chi connectivity index (χ4n) is 2.28. The van der Waals surface area contributed by atoms with Crippen LogP contribution in [-0.4, -0.2) is 28.2 Å². The third-order valence-corrected chi connectivity index (χ3v) is 4.47. The number of imidazole rings is 1. The minimum Gasteiger partial charge on any atom is -0.497 e. The van der Waals surface area contributed by atoms with Crippen LogP contribution < -0.4 is 4.74 Å². The Hall–Kier alpha value is -2.67. The number of aromatic nitrogens is 2. The molecule has 3 aromatic rings. The van der Waals surface area contributed by atoms with E-state index in [9.17, 15) is 13.6 Å². The summed E-state index contributed by atoms with van der Waals surface area (Å²) in [6.45, 7) is 0. The van der Waals surface area contributed by atoms with Gasteiger partial charge in [0.2, 0.25) is 0 Å². The van der Waals surface area contributed by atoms with Crippen LogP contribution in [0, 0.1) is 11.6 Å². The van der Waals surface area contributed by atoms with Crippen molar-refractivity contribution in [1.29, 1.82) is 0 Å². The monoisotopic (exact) mass is 360 g/mol. The van der Waals surface area contributed by atoms with E-state index in [0.717, 1.165) is 17.8 Å². The Balaban J connectivity index is 1.76. The van der Waals surface area contributed by atoms with Crippen LogP contribution in [0.3, 0.4) is 0 Å². The zero-order valence-electron chi connectivity index (χ0n) is 13.3. The Morgan fingerprint density at radius 2 is 2.08 bits per heavy atom. The number of methoxy groups -OCH3 is 1. The molecule has 0 spiro atoms. The second-order valence-corrected chi connectivity index (χ2v) is 6.06. The van der Waals surface area contributed by atoms with Gasteiger partial charge in [0.15, 0.2) is 10.9 Å². The number of ketones is 1. The summed E-state index contributed by atoms with van der Waals surface area (Å²) in [6.07, 6.45) is 3.38. The molecular weight excluding hydrogens is 346 g/mol. The molecule has 25 heavy (non-hydrogen) atoms. The summed E-state index contributed by atoms with van der Waals surface area (Å²) in [6, 6.07) is 10.3. The van der Waals surface area contributed by atoms with Crippen LogP contribution in [0.5, 0.6) is 5.75 Å². The molecule has 0 atom stereocenters. The van der Waals surface area contributed by atoms with E-state index in [0.29, 0.717) is 17.0 Å². The number of benzene rings is 2. The molecule has 0 aliphatic heterocycles. The fourth-order valence-corrected chi connectivity index (χ4v) is 3.13. The van der Waals surface area contributed by atoms with Gasteiger partial charge in [-0.2, -0.15) is 0 Å². The van der Waals surface area contributed by atoms with Crippen molar-refractivity contribution >= 4 is 17.5 Å². The highest BCUT2D eigenvalue weighted by atomic mass is 32.2. The topological polar surface area (TPSA) is 44.1 Å². The Kier molecular flexibility index (Phi) is 5.14.